The molecule has 1 aliphatic heterocycles. The zero-order chi connectivity index (χ0) is 25.2. The van der Waals surface area contributed by atoms with Gasteiger partial charge in [-0.15, -0.1) is 0 Å². The van der Waals surface area contributed by atoms with E-state index in [2.05, 4.69) is 12.3 Å². The van der Waals surface area contributed by atoms with Gasteiger partial charge in [0.2, 0.25) is 0 Å². The van der Waals surface area contributed by atoms with Gasteiger partial charge in [0.15, 0.2) is 4.32 Å². The van der Waals surface area contributed by atoms with Gasteiger partial charge in [-0.3, -0.25) is 25.1 Å². The molecule has 2 amide bonds. The highest BCUT2D eigenvalue weighted by atomic mass is 32.2. The van der Waals surface area contributed by atoms with Crippen molar-refractivity contribution in [2.45, 2.75) is 45.4 Å². The average molecular weight is 514 g/mol. The number of thiocarbonyl (C=S) groups is 1. The standard InChI is InChI=1S/C25H27N3O5S2/c1-2-3-4-5-6-9-16-33-19-14-12-18(13-15-19)17-22-24(30)27(25(34)35-22)26-23(29)20-10-7-8-11-21(20)28(31)32/h7-8,10-15,17H,2-6,9,16H2,1H3,(H,26,29)/b22-17-. The molecule has 1 heterocycles. The molecule has 0 radical (unpaired) electrons. The highest BCUT2D eigenvalue weighted by Crippen LogP contribution is 2.32. The topological polar surface area (TPSA) is 102 Å². The van der Waals surface area contributed by atoms with Crippen LogP contribution >= 0.6 is 24.0 Å². The van der Waals surface area contributed by atoms with Crippen molar-refractivity contribution < 1.29 is 19.2 Å². The third kappa shape index (κ3) is 7.37. The van der Waals surface area contributed by atoms with Crippen LogP contribution < -0.4 is 10.2 Å². The molecule has 0 bridgehead atoms. The lowest BCUT2D eigenvalue weighted by Gasteiger charge is -2.15. The van der Waals surface area contributed by atoms with E-state index in [9.17, 15) is 19.7 Å². The molecule has 0 saturated carbocycles. The molecular weight excluding hydrogens is 486 g/mol. The largest absolute Gasteiger partial charge is 0.494 e. The molecule has 2 aromatic carbocycles. The summed E-state index contributed by atoms with van der Waals surface area (Å²) in [5.74, 6) is -0.531. The van der Waals surface area contributed by atoms with E-state index in [-0.39, 0.29) is 15.6 Å². The number of carbonyl (C=O) groups excluding carboxylic acids is 2. The molecule has 0 aromatic heterocycles. The van der Waals surface area contributed by atoms with Crippen molar-refractivity contribution in [3.8, 4) is 5.75 Å². The van der Waals surface area contributed by atoms with Crippen LogP contribution in [0.1, 0.15) is 61.4 Å². The van der Waals surface area contributed by atoms with Gasteiger partial charge in [0, 0.05) is 6.07 Å². The number of hydrazine groups is 1. The number of benzene rings is 2. The van der Waals surface area contributed by atoms with Gasteiger partial charge in [-0.25, -0.2) is 0 Å². The number of unbranched alkanes of at least 4 members (excludes halogenated alkanes) is 5. The summed E-state index contributed by atoms with van der Waals surface area (Å²) in [6.45, 7) is 2.87. The molecule has 0 spiro atoms. The molecule has 0 unspecified atom stereocenters. The zero-order valence-corrected chi connectivity index (χ0v) is 21.0. The van der Waals surface area contributed by atoms with Gasteiger partial charge >= 0.3 is 0 Å². The summed E-state index contributed by atoms with van der Waals surface area (Å²) in [5, 5.41) is 12.1. The number of nitrogens with zero attached hydrogens (tertiary/aromatic N) is 2. The minimum Gasteiger partial charge on any atom is -0.494 e. The normalized spacial score (nSPS) is 14.4. The number of nitro groups is 1. The van der Waals surface area contributed by atoms with Crippen molar-refractivity contribution in [2.75, 3.05) is 6.61 Å². The molecule has 0 atom stereocenters. The lowest BCUT2D eigenvalue weighted by Crippen LogP contribution is -2.45. The molecule has 2 aromatic rings. The first-order chi connectivity index (χ1) is 16.9. The van der Waals surface area contributed by atoms with E-state index in [1.54, 1.807) is 6.08 Å². The van der Waals surface area contributed by atoms with Crippen LogP contribution in [0.25, 0.3) is 6.08 Å². The smallest absolute Gasteiger partial charge is 0.285 e. The maximum atomic E-state index is 12.8. The van der Waals surface area contributed by atoms with E-state index in [0.717, 1.165) is 40.9 Å². The highest BCUT2D eigenvalue weighted by molar-refractivity contribution is 8.26. The Balaban J connectivity index is 1.57. The Hall–Kier alpha value is -3.24. The Labute approximate surface area is 213 Å². The lowest BCUT2D eigenvalue weighted by atomic mass is 10.1. The number of hydrogen-bond donors (Lipinski definition) is 1. The first-order valence-corrected chi connectivity index (χ1v) is 12.7. The summed E-state index contributed by atoms with van der Waals surface area (Å²) in [5.41, 5.74) is 2.64. The van der Waals surface area contributed by atoms with Gasteiger partial charge < -0.3 is 4.74 Å². The SMILES string of the molecule is CCCCCCCCOc1ccc(/C=C2\SC(=S)N(NC(=O)c3ccccc3[N+](=O)[O-])C2=O)cc1. The maximum absolute atomic E-state index is 12.8. The van der Waals surface area contributed by atoms with Crippen LogP contribution in [0.3, 0.4) is 0 Å². The molecule has 1 aliphatic rings. The van der Waals surface area contributed by atoms with E-state index < -0.39 is 16.7 Å². The number of thioether (sulfide) groups is 1. The van der Waals surface area contributed by atoms with Crippen LogP contribution in [-0.4, -0.2) is 32.7 Å². The summed E-state index contributed by atoms with van der Waals surface area (Å²) in [4.78, 5) is 36.3. The van der Waals surface area contributed by atoms with Gasteiger partial charge in [0.1, 0.15) is 11.3 Å². The van der Waals surface area contributed by atoms with Crippen LogP contribution in [0.4, 0.5) is 5.69 Å². The van der Waals surface area contributed by atoms with Crippen LogP contribution in [0.5, 0.6) is 5.75 Å². The second kappa shape index (κ2) is 13.0. The Morgan fingerprint density at radius 1 is 1.11 bits per heavy atom. The fourth-order valence-corrected chi connectivity index (χ4v) is 4.61. The summed E-state index contributed by atoms with van der Waals surface area (Å²) in [6, 6.07) is 12.9. The summed E-state index contributed by atoms with van der Waals surface area (Å²) in [7, 11) is 0. The molecule has 1 saturated heterocycles. The van der Waals surface area contributed by atoms with Crippen molar-refractivity contribution >= 4 is 51.9 Å². The van der Waals surface area contributed by atoms with Gasteiger partial charge in [-0.05, 0) is 48.5 Å². The fourth-order valence-electron chi connectivity index (χ4n) is 3.43. The predicted molar refractivity (Wildman–Crippen MR) is 141 cm³/mol. The minimum absolute atomic E-state index is 0.132. The Bertz CT molecular complexity index is 1120. The number of ether oxygens (including phenoxy) is 1. The molecule has 1 fully saturated rings. The third-order valence-electron chi connectivity index (χ3n) is 5.30. The maximum Gasteiger partial charge on any atom is 0.285 e. The number of carbonyl (C=O) groups is 2. The molecule has 1 N–H and O–H groups in total. The summed E-state index contributed by atoms with van der Waals surface area (Å²) < 4.78 is 5.92. The predicted octanol–water partition coefficient (Wildman–Crippen LogP) is 5.88. The van der Waals surface area contributed by atoms with Gasteiger partial charge in [-0.2, -0.15) is 5.01 Å². The zero-order valence-electron chi connectivity index (χ0n) is 19.4. The lowest BCUT2D eigenvalue weighted by molar-refractivity contribution is -0.385. The van der Waals surface area contributed by atoms with Crippen molar-refractivity contribution in [2.24, 2.45) is 0 Å². The molecule has 8 nitrogen and oxygen atoms in total. The monoisotopic (exact) mass is 513 g/mol. The van der Waals surface area contributed by atoms with E-state index in [1.807, 2.05) is 24.3 Å². The molecule has 3 rings (SSSR count). The number of rotatable bonds is 12. The summed E-state index contributed by atoms with van der Waals surface area (Å²) in [6.07, 6.45) is 8.88. The third-order valence-corrected chi connectivity index (χ3v) is 6.60. The number of nitro benzene ring substituents is 1. The number of hydrogen-bond acceptors (Lipinski definition) is 7. The summed E-state index contributed by atoms with van der Waals surface area (Å²) >= 11 is 6.28. The molecule has 10 heteroatoms. The molecule has 0 aliphatic carbocycles. The second-order valence-electron chi connectivity index (χ2n) is 7.92. The van der Waals surface area contributed by atoms with E-state index >= 15 is 0 Å². The Kier molecular flexibility index (Phi) is 9.80. The first-order valence-electron chi connectivity index (χ1n) is 11.5. The fraction of sp³-hybridized carbons (Fsp3) is 0.320. The van der Waals surface area contributed by atoms with Crippen molar-refractivity contribution in [3.63, 3.8) is 0 Å². The van der Waals surface area contributed by atoms with Gasteiger partial charge in [0.25, 0.3) is 17.5 Å². The second-order valence-corrected chi connectivity index (χ2v) is 9.59. The minimum atomic E-state index is -0.790. The van der Waals surface area contributed by atoms with Gasteiger partial charge in [-0.1, -0.05) is 75.1 Å². The number of nitrogens with one attached hydrogen (secondary N) is 1. The van der Waals surface area contributed by atoms with Crippen LogP contribution in [0.2, 0.25) is 0 Å². The Morgan fingerprint density at radius 2 is 1.80 bits per heavy atom. The van der Waals surface area contributed by atoms with Crippen molar-refractivity contribution in [1.29, 1.82) is 0 Å². The van der Waals surface area contributed by atoms with E-state index in [4.69, 9.17) is 17.0 Å². The van der Waals surface area contributed by atoms with E-state index in [0.29, 0.717) is 11.5 Å². The van der Waals surface area contributed by atoms with Crippen molar-refractivity contribution in [3.05, 3.63) is 74.7 Å². The number of para-hydroxylation sites is 1. The molecular formula is C25H27N3O5S2. The number of amides is 2. The van der Waals surface area contributed by atoms with Crippen LogP contribution in [0.15, 0.2) is 53.4 Å². The highest BCUT2D eigenvalue weighted by Gasteiger charge is 2.34. The van der Waals surface area contributed by atoms with Gasteiger partial charge in [0.05, 0.1) is 16.4 Å². The molecule has 184 valence electrons. The van der Waals surface area contributed by atoms with Crippen LogP contribution in [-0.2, 0) is 4.79 Å². The van der Waals surface area contributed by atoms with Crippen molar-refractivity contribution in [1.82, 2.24) is 10.4 Å². The Morgan fingerprint density at radius 3 is 2.51 bits per heavy atom. The van der Waals surface area contributed by atoms with Crippen LogP contribution in [0, 0.1) is 10.1 Å². The van der Waals surface area contributed by atoms with E-state index in [1.165, 1.54) is 49.9 Å². The first kappa shape index (κ1) is 26.4. The quantitative estimate of drug-likeness (QED) is 0.124. The molecule has 35 heavy (non-hydrogen) atoms. The average Bonchev–Trinajstić information content (AvgIpc) is 3.11.